The van der Waals surface area contributed by atoms with Gasteiger partial charge in [0.2, 0.25) is 0 Å². The molecular weight excluding hydrogens is 481 g/mol. The first-order valence-corrected chi connectivity index (χ1v) is 13.7. The highest BCUT2D eigenvalue weighted by Crippen LogP contribution is 2.30. The zero-order chi connectivity index (χ0) is 26.7. The van der Waals surface area contributed by atoms with Crippen LogP contribution in [0.2, 0.25) is 0 Å². The monoisotopic (exact) mass is 517 g/mol. The van der Waals surface area contributed by atoms with Crippen molar-refractivity contribution in [1.82, 2.24) is 9.97 Å². The van der Waals surface area contributed by atoms with E-state index in [-0.39, 0.29) is 5.69 Å². The number of benzene rings is 3. The predicted molar refractivity (Wildman–Crippen MR) is 151 cm³/mol. The van der Waals surface area contributed by atoms with Gasteiger partial charge in [-0.1, -0.05) is 82.9 Å². The molecule has 38 heavy (non-hydrogen) atoms. The first kappa shape index (κ1) is 27.3. The Morgan fingerprint density at radius 2 is 1.50 bits per heavy atom. The van der Waals surface area contributed by atoms with E-state index in [1.807, 2.05) is 30.3 Å². The number of imidazole rings is 1. The predicted octanol–water partition coefficient (Wildman–Crippen LogP) is 9.24. The van der Waals surface area contributed by atoms with E-state index in [1.54, 1.807) is 12.1 Å². The largest absolute Gasteiger partial charge is 0.494 e. The topological polar surface area (TPSA) is 81.1 Å². The summed E-state index contributed by atoms with van der Waals surface area (Å²) in [6.45, 7) is 2.96. The first-order chi connectivity index (χ1) is 18.5. The number of hydrogen-bond donors (Lipinski definition) is 1. The van der Waals surface area contributed by atoms with Crippen molar-refractivity contribution in [2.75, 3.05) is 6.61 Å². The summed E-state index contributed by atoms with van der Waals surface area (Å²) in [6, 6.07) is 17.0. The molecule has 4 rings (SSSR count). The number of non-ortho nitro benzene ring substituents is 1. The highest BCUT2D eigenvalue weighted by molar-refractivity contribution is 5.82. The number of hydrogen-bond acceptors (Lipinski definition) is 4. The molecule has 0 aliphatic rings. The second-order valence-electron chi connectivity index (χ2n) is 9.79. The summed E-state index contributed by atoms with van der Waals surface area (Å²) in [5.74, 6) is 0.732. The zero-order valence-electron chi connectivity index (χ0n) is 22.0. The van der Waals surface area contributed by atoms with Crippen molar-refractivity contribution in [3.05, 3.63) is 76.6 Å². The average molecular weight is 518 g/mol. The van der Waals surface area contributed by atoms with Gasteiger partial charge in [-0.2, -0.15) is 0 Å². The van der Waals surface area contributed by atoms with E-state index in [0.717, 1.165) is 23.3 Å². The Morgan fingerprint density at radius 1 is 0.842 bits per heavy atom. The van der Waals surface area contributed by atoms with Gasteiger partial charge in [0.15, 0.2) is 0 Å². The lowest BCUT2D eigenvalue weighted by Crippen LogP contribution is -1.97. The lowest BCUT2D eigenvalue weighted by Gasteiger charge is -2.08. The van der Waals surface area contributed by atoms with Crippen molar-refractivity contribution in [2.45, 2.75) is 71.1 Å². The smallest absolute Gasteiger partial charge is 0.271 e. The van der Waals surface area contributed by atoms with Crippen molar-refractivity contribution in [2.24, 2.45) is 0 Å². The second-order valence-corrected chi connectivity index (χ2v) is 9.79. The van der Waals surface area contributed by atoms with Gasteiger partial charge in [0.25, 0.3) is 5.69 Å². The molecule has 6 nitrogen and oxygen atoms in total. The zero-order valence-corrected chi connectivity index (χ0v) is 22.0. The molecule has 0 unspecified atom stereocenters. The fourth-order valence-corrected chi connectivity index (χ4v) is 4.65. The maximum atomic E-state index is 15.0. The van der Waals surface area contributed by atoms with Crippen molar-refractivity contribution < 1.29 is 14.1 Å². The minimum atomic E-state index is -0.469. The molecule has 0 amide bonds. The number of halogens is 1. The standard InChI is InChI=1S/C31H36FN3O3/c1-2-3-4-5-6-7-8-9-10-11-20-38-26-16-12-23(13-17-26)24-14-18-27(28(32)21-24)31-33-29-19-15-25(35(36)37)22-30(29)34-31/h12-19,21-22H,2-11,20H2,1H3,(H,33,34). The summed E-state index contributed by atoms with van der Waals surface area (Å²) < 4.78 is 20.9. The Labute approximate surface area is 223 Å². The molecular formula is C31H36FN3O3. The Kier molecular flexibility index (Phi) is 9.84. The van der Waals surface area contributed by atoms with Crippen LogP contribution in [-0.2, 0) is 0 Å². The summed E-state index contributed by atoms with van der Waals surface area (Å²) in [5.41, 5.74) is 2.94. The van der Waals surface area contributed by atoms with E-state index in [9.17, 15) is 10.1 Å². The van der Waals surface area contributed by atoms with E-state index in [0.29, 0.717) is 29.0 Å². The Balaban J connectivity index is 1.26. The molecule has 0 spiro atoms. The first-order valence-electron chi connectivity index (χ1n) is 13.7. The van der Waals surface area contributed by atoms with Gasteiger partial charge in [-0.3, -0.25) is 10.1 Å². The van der Waals surface area contributed by atoms with Crippen LogP contribution in [0, 0.1) is 15.9 Å². The van der Waals surface area contributed by atoms with Gasteiger partial charge in [-0.05, 0) is 47.9 Å². The molecule has 0 bridgehead atoms. The van der Waals surface area contributed by atoms with Gasteiger partial charge >= 0.3 is 0 Å². The molecule has 200 valence electrons. The van der Waals surface area contributed by atoms with Crippen LogP contribution in [-0.4, -0.2) is 21.5 Å². The van der Waals surface area contributed by atoms with Crippen LogP contribution in [0.5, 0.6) is 5.75 Å². The van der Waals surface area contributed by atoms with Crippen LogP contribution in [0.25, 0.3) is 33.5 Å². The Bertz CT molecular complexity index is 1330. The number of unbranched alkanes of at least 4 members (excludes halogenated alkanes) is 9. The highest BCUT2D eigenvalue weighted by atomic mass is 19.1. The van der Waals surface area contributed by atoms with Crippen molar-refractivity contribution in [1.29, 1.82) is 0 Å². The van der Waals surface area contributed by atoms with Gasteiger partial charge in [-0.15, -0.1) is 0 Å². The fourth-order valence-electron chi connectivity index (χ4n) is 4.65. The number of aromatic amines is 1. The van der Waals surface area contributed by atoms with Gasteiger partial charge in [0, 0.05) is 12.1 Å². The third kappa shape index (κ3) is 7.40. The molecule has 1 N–H and O–H groups in total. The van der Waals surface area contributed by atoms with Crippen LogP contribution in [0.1, 0.15) is 71.1 Å². The number of nitrogens with zero attached hydrogens (tertiary/aromatic N) is 2. The highest BCUT2D eigenvalue weighted by Gasteiger charge is 2.14. The molecule has 0 aliphatic carbocycles. The number of aromatic nitrogens is 2. The van der Waals surface area contributed by atoms with Crippen LogP contribution >= 0.6 is 0 Å². The number of nitrogens with one attached hydrogen (secondary N) is 1. The van der Waals surface area contributed by atoms with Crippen LogP contribution in [0.15, 0.2) is 60.7 Å². The third-order valence-corrected chi connectivity index (χ3v) is 6.85. The summed E-state index contributed by atoms with van der Waals surface area (Å²) >= 11 is 0. The second kappa shape index (κ2) is 13.7. The summed E-state index contributed by atoms with van der Waals surface area (Å²) in [4.78, 5) is 17.9. The normalized spacial score (nSPS) is 11.2. The van der Waals surface area contributed by atoms with Gasteiger partial charge in [-0.25, -0.2) is 9.37 Å². The lowest BCUT2D eigenvalue weighted by molar-refractivity contribution is -0.384. The fraction of sp³-hybridized carbons (Fsp3) is 0.387. The minimum Gasteiger partial charge on any atom is -0.494 e. The molecule has 0 saturated heterocycles. The number of rotatable bonds is 15. The lowest BCUT2D eigenvalue weighted by atomic mass is 10.0. The van der Waals surface area contributed by atoms with Crippen molar-refractivity contribution in [3.63, 3.8) is 0 Å². The van der Waals surface area contributed by atoms with E-state index in [1.165, 1.54) is 76.0 Å². The summed E-state index contributed by atoms with van der Waals surface area (Å²) in [7, 11) is 0. The minimum absolute atomic E-state index is 0.0422. The molecule has 1 heterocycles. The average Bonchev–Trinajstić information content (AvgIpc) is 3.35. The molecule has 0 fully saturated rings. The summed E-state index contributed by atoms with van der Waals surface area (Å²) in [6.07, 6.45) is 13.0. The van der Waals surface area contributed by atoms with E-state index < -0.39 is 10.7 Å². The number of ether oxygens (including phenoxy) is 1. The van der Waals surface area contributed by atoms with Crippen molar-refractivity contribution >= 4 is 16.7 Å². The number of fused-ring (bicyclic) bond motifs is 1. The number of nitro groups is 1. The molecule has 1 aromatic heterocycles. The maximum absolute atomic E-state index is 15.0. The molecule has 0 radical (unpaired) electrons. The molecule has 0 saturated carbocycles. The van der Waals surface area contributed by atoms with Crippen LogP contribution in [0.3, 0.4) is 0 Å². The number of nitro benzene ring substituents is 1. The maximum Gasteiger partial charge on any atom is 0.271 e. The molecule has 7 heteroatoms. The number of H-pyrrole nitrogens is 1. The van der Waals surface area contributed by atoms with Gasteiger partial charge < -0.3 is 9.72 Å². The quantitative estimate of drug-likeness (QED) is 0.0968. The van der Waals surface area contributed by atoms with E-state index in [4.69, 9.17) is 4.74 Å². The van der Waals surface area contributed by atoms with E-state index in [2.05, 4.69) is 16.9 Å². The van der Waals surface area contributed by atoms with E-state index >= 15 is 4.39 Å². The Morgan fingerprint density at radius 3 is 2.16 bits per heavy atom. The van der Waals surface area contributed by atoms with Gasteiger partial charge in [0.05, 0.1) is 28.1 Å². The Hall–Kier alpha value is -3.74. The summed E-state index contributed by atoms with van der Waals surface area (Å²) in [5, 5.41) is 11.0. The van der Waals surface area contributed by atoms with Gasteiger partial charge in [0.1, 0.15) is 17.4 Å². The molecule has 4 aromatic rings. The molecule has 3 aromatic carbocycles. The third-order valence-electron chi connectivity index (χ3n) is 6.85. The van der Waals surface area contributed by atoms with Crippen LogP contribution in [0.4, 0.5) is 10.1 Å². The molecule has 0 atom stereocenters. The SMILES string of the molecule is CCCCCCCCCCCCOc1ccc(-c2ccc(-c3nc4ccc([N+](=O)[O-])cc4[nH]3)c(F)c2)cc1. The van der Waals surface area contributed by atoms with Crippen LogP contribution < -0.4 is 4.74 Å². The van der Waals surface area contributed by atoms with Crippen molar-refractivity contribution in [3.8, 4) is 28.3 Å². The molecule has 0 aliphatic heterocycles.